The van der Waals surface area contributed by atoms with Crippen LogP contribution in [-0.2, 0) is 9.53 Å². The standard InChI is InChI=1S/C22H24FN5O3/c1-3-20(29)25-16-5-4-6-17(13-16)26-21-19(23)14-24-22(28-21)27-15-7-9-18(10-8-15)31-12-11-30-2/h4-10,13-14H,3,11-12H2,1-2H3,(H,25,29)(H2,24,26,27,28). The number of hydrogen-bond donors (Lipinski definition) is 3. The second-order valence-electron chi connectivity index (χ2n) is 6.49. The summed E-state index contributed by atoms with van der Waals surface area (Å²) >= 11 is 0. The molecule has 0 aliphatic rings. The fraction of sp³-hybridized carbons (Fsp3) is 0.227. The summed E-state index contributed by atoms with van der Waals surface area (Å²) in [6, 6.07) is 14.2. The van der Waals surface area contributed by atoms with Crippen LogP contribution in [0.1, 0.15) is 13.3 Å². The normalized spacial score (nSPS) is 10.4. The summed E-state index contributed by atoms with van der Waals surface area (Å²) in [5, 5.41) is 8.71. The van der Waals surface area contributed by atoms with E-state index in [1.54, 1.807) is 50.4 Å². The first-order chi connectivity index (χ1) is 15.1. The summed E-state index contributed by atoms with van der Waals surface area (Å²) in [5.41, 5.74) is 1.91. The van der Waals surface area contributed by atoms with Crippen molar-refractivity contribution < 1.29 is 18.7 Å². The molecule has 0 atom stereocenters. The lowest BCUT2D eigenvalue weighted by Gasteiger charge is -2.11. The first-order valence-corrected chi connectivity index (χ1v) is 9.75. The molecular weight excluding hydrogens is 401 g/mol. The topological polar surface area (TPSA) is 97.4 Å². The lowest BCUT2D eigenvalue weighted by atomic mass is 10.2. The summed E-state index contributed by atoms with van der Waals surface area (Å²) in [4.78, 5) is 19.8. The Morgan fingerprint density at radius 3 is 2.55 bits per heavy atom. The molecule has 0 aliphatic carbocycles. The van der Waals surface area contributed by atoms with Gasteiger partial charge < -0.3 is 25.4 Å². The Labute approximate surface area is 179 Å². The zero-order chi connectivity index (χ0) is 22.1. The number of rotatable bonds is 10. The number of halogens is 1. The molecule has 1 amide bonds. The van der Waals surface area contributed by atoms with Gasteiger partial charge in [0.2, 0.25) is 11.9 Å². The maximum Gasteiger partial charge on any atom is 0.229 e. The molecule has 3 aromatic rings. The minimum absolute atomic E-state index is 0.0102. The fourth-order valence-corrected chi connectivity index (χ4v) is 2.58. The van der Waals surface area contributed by atoms with Gasteiger partial charge in [-0.1, -0.05) is 13.0 Å². The fourth-order valence-electron chi connectivity index (χ4n) is 2.58. The molecule has 0 aliphatic heterocycles. The van der Waals surface area contributed by atoms with Crippen molar-refractivity contribution in [3.8, 4) is 5.75 Å². The molecule has 0 radical (unpaired) electrons. The Morgan fingerprint density at radius 1 is 1.03 bits per heavy atom. The second kappa shape index (κ2) is 10.9. The summed E-state index contributed by atoms with van der Waals surface area (Å²) in [6.07, 6.45) is 1.45. The molecule has 2 aromatic carbocycles. The van der Waals surface area contributed by atoms with Gasteiger partial charge in [-0.2, -0.15) is 4.98 Å². The van der Waals surface area contributed by atoms with Crippen LogP contribution < -0.4 is 20.7 Å². The van der Waals surface area contributed by atoms with Crippen LogP contribution >= 0.6 is 0 Å². The van der Waals surface area contributed by atoms with E-state index in [-0.39, 0.29) is 17.7 Å². The van der Waals surface area contributed by atoms with Crippen molar-refractivity contribution in [2.75, 3.05) is 36.3 Å². The van der Waals surface area contributed by atoms with Crippen LogP contribution in [0, 0.1) is 5.82 Å². The Hall–Kier alpha value is -3.72. The Bertz CT molecular complexity index is 1010. The molecule has 9 heteroatoms. The maximum absolute atomic E-state index is 14.2. The molecule has 0 saturated carbocycles. The van der Waals surface area contributed by atoms with E-state index in [4.69, 9.17) is 9.47 Å². The highest BCUT2D eigenvalue weighted by molar-refractivity contribution is 5.91. The summed E-state index contributed by atoms with van der Waals surface area (Å²) in [7, 11) is 1.61. The largest absolute Gasteiger partial charge is 0.491 e. The van der Waals surface area contributed by atoms with Gasteiger partial charge in [0, 0.05) is 30.6 Å². The number of amides is 1. The zero-order valence-electron chi connectivity index (χ0n) is 17.3. The Kier molecular flexibility index (Phi) is 7.72. The Balaban J connectivity index is 1.68. The molecule has 0 saturated heterocycles. The highest BCUT2D eigenvalue weighted by Gasteiger charge is 2.09. The summed E-state index contributed by atoms with van der Waals surface area (Å²) in [5.74, 6) is 0.241. The number of benzene rings is 2. The van der Waals surface area contributed by atoms with Gasteiger partial charge in [-0.3, -0.25) is 4.79 Å². The molecule has 0 unspecified atom stereocenters. The first-order valence-electron chi connectivity index (χ1n) is 9.75. The van der Waals surface area contributed by atoms with Gasteiger partial charge in [-0.15, -0.1) is 0 Å². The third-order valence-electron chi connectivity index (χ3n) is 4.14. The first kappa shape index (κ1) is 22.0. The van der Waals surface area contributed by atoms with Crippen molar-refractivity contribution in [2.24, 2.45) is 0 Å². The van der Waals surface area contributed by atoms with Gasteiger partial charge in [0.05, 0.1) is 12.8 Å². The number of nitrogens with zero attached hydrogens (tertiary/aromatic N) is 2. The molecule has 31 heavy (non-hydrogen) atoms. The van der Waals surface area contributed by atoms with Gasteiger partial charge in [0.1, 0.15) is 12.4 Å². The minimum atomic E-state index is -0.601. The van der Waals surface area contributed by atoms with Crippen LogP contribution in [0.5, 0.6) is 5.75 Å². The van der Waals surface area contributed by atoms with E-state index in [1.807, 2.05) is 12.1 Å². The van der Waals surface area contributed by atoms with Crippen molar-refractivity contribution in [3.63, 3.8) is 0 Å². The van der Waals surface area contributed by atoms with Crippen molar-refractivity contribution in [1.82, 2.24) is 9.97 Å². The average molecular weight is 425 g/mol. The highest BCUT2D eigenvalue weighted by Crippen LogP contribution is 2.23. The van der Waals surface area contributed by atoms with Gasteiger partial charge in [-0.25, -0.2) is 9.37 Å². The molecule has 0 fully saturated rings. The summed E-state index contributed by atoms with van der Waals surface area (Å²) < 4.78 is 24.7. The van der Waals surface area contributed by atoms with E-state index in [2.05, 4.69) is 25.9 Å². The van der Waals surface area contributed by atoms with E-state index < -0.39 is 5.82 Å². The molecule has 0 spiro atoms. The molecule has 1 aromatic heterocycles. The van der Waals surface area contributed by atoms with E-state index in [1.165, 1.54) is 0 Å². The predicted octanol–water partition coefficient (Wildman–Crippen LogP) is 4.48. The molecule has 3 N–H and O–H groups in total. The van der Waals surface area contributed by atoms with Crippen LogP contribution in [-0.4, -0.2) is 36.2 Å². The number of hydrogen-bond acceptors (Lipinski definition) is 7. The van der Waals surface area contributed by atoms with E-state index in [9.17, 15) is 9.18 Å². The molecular formula is C22H24FN5O3. The second-order valence-corrected chi connectivity index (χ2v) is 6.49. The molecule has 3 rings (SSSR count). The van der Waals surface area contributed by atoms with E-state index >= 15 is 0 Å². The average Bonchev–Trinajstić information content (AvgIpc) is 2.77. The van der Waals surface area contributed by atoms with E-state index in [0.717, 1.165) is 11.9 Å². The van der Waals surface area contributed by atoms with Crippen molar-refractivity contribution >= 4 is 34.7 Å². The van der Waals surface area contributed by atoms with Crippen LogP contribution in [0.3, 0.4) is 0 Å². The SMILES string of the molecule is CCC(=O)Nc1cccc(Nc2nc(Nc3ccc(OCCOC)cc3)ncc2F)c1. The Morgan fingerprint density at radius 2 is 1.81 bits per heavy atom. The number of aromatic nitrogens is 2. The third-order valence-corrected chi connectivity index (χ3v) is 4.14. The van der Waals surface area contributed by atoms with Crippen molar-refractivity contribution in [3.05, 3.63) is 60.5 Å². The highest BCUT2D eigenvalue weighted by atomic mass is 19.1. The lowest BCUT2D eigenvalue weighted by Crippen LogP contribution is -2.09. The summed E-state index contributed by atoms with van der Waals surface area (Å²) in [6.45, 7) is 2.74. The number of carbonyl (C=O) groups is 1. The van der Waals surface area contributed by atoms with Gasteiger partial charge >= 0.3 is 0 Å². The molecule has 162 valence electrons. The number of methoxy groups -OCH3 is 1. The van der Waals surface area contributed by atoms with Crippen LogP contribution in [0.2, 0.25) is 0 Å². The van der Waals surface area contributed by atoms with E-state index in [0.29, 0.717) is 36.8 Å². The lowest BCUT2D eigenvalue weighted by molar-refractivity contribution is -0.115. The molecule has 8 nitrogen and oxygen atoms in total. The number of carbonyl (C=O) groups excluding carboxylic acids is 1. The maximum atomic E-state index is 14.2. The number of ether oxygens (including phenoxy) is 2. The van der Waals surface area contributed by atoms with Gasteiger partial charge in [-0.05, 0) is 42.5 Å². The monoisotopic (exact) mass is 425 g/mol. The van der Waals surface area contributed by atoms with Crippen molar-refractivity contribution in [2.45, 2.75) is 13.3 Å². The quantitative estimate of drug-likeness (QED) is 0.412. The number of nitrogens with one attached hydrogen (secondary N) is 3. The van der Waals surface area contributed by atoms with Crippen molar-refractivity contribution in [1.29, 1.82) is 0 Å². The van der Waals surface area contributed by atoms with Crippen LogP contribution in [0.15, 0.2) is 54.7 Å². The zero-order valence-corrected chi connectivity index (χ0v) is 17.3. The minimum Gasteiger partial charge on any atom is -0.491 e. The van der Waals surface area contributed by atoms with Crippen LogP contribution in [0.25, 0.3) is 0 Å². The van der Waals surface area contributed by atoms with Gasteiger partial charge in [0.15, 0.2) is 11.6 Å². The molecule has 0 bridgehead atoms. The smallest absolute Gasteiger partial charge is 0.229 e. The predicted molar refractivity (Wildman–Crippen MR) is 118 cm³/mol. The number of anilines is 5. The van der Waals surface area contributed by atoms with Gasteiger partial charge in [0.25, 0.3) is 0 Å². The third kappa shape index (κ3) is 6.65. The van der Waals surface area contributed by atoms with Crippen LogP contribution in [0.4, 0.5) is 33.2 Å². The molecule has 1 heterocycles.